The third kappa shape index (κ3) is 4.75. The Hall–Kier alpha value is -2.69. The Bertz CT molecular complexity index is 1320. The summed E-state index contributed by atoms with van der Waals surface area (Å²) in [5.74, 6) is 0.221. The number of Topliss-reactive ketones (excluding diaryl/α,β-unsaturated/α-hetero) is 1. The fourth-order valence-corrected chi connectivity index (χ4v) is 5.38. The van der Waals surface area contributed by atoms with Crippen molar-refractivity contribution in [2.45, 2.75) is 31.8 Å². The maximum atomic E-state index is 13.2. The van der Waals surface area contributed by atoms with E-state index in [1.807, 2.05) is 25.1 Å². The van der Waals surface area contributed by atoms with E-state index in [-0.39, 0.29) is 24.1 Å². The molecule has 0 saturated carbocycles. The third-order valence-electron chi connectivity index (χ3n) is 6.78. The number of ketones is 1. The Morgan fingerprint density at radius 1 is 1.12 bits per heavy atom. The highest BCUT2D eigenvalue weighted by Crippen LogP contribution is 2.43. The molecule has 2 aliphatic heterocycles. The van der Waals surface area contributed by atoms with Crippen LogP contribution in [-0.2, 0) is 16.4 Å². The van der Waals surface area contributed by atoms with Gasteiger partial charge in [-0.3, -0.25) is 9.52 Å². The molecule has 1 aromatic heterocycles. The molecule has 9 nitrogen and oxygen atoms in total. The molecule has 0 amide bonds. The van der Waals surface area contributed by atoms with E-state index in [1.165, 1.54) is 5.56 Å². The normalized spacial score (nSPS) is 19.9. The molecule has 182 valence electrons. The van der Waals surface area contributed by atoms with Crippen LogP contribution in [0.2, 0.25) is 0 Å². The Labute approximate surface area is 204 Å². The predicted octanol–water partition coefficient (Wildman–Crippen LogP) is 3.30. The van der Waals surface area contributed by atoms with Crippen molar-refractivity contribution in [1.82, 2.24) is 15.2 Å². The standard InChI is InChI=1S/C23H26N4O5S.ClH/c1-15-22(28)18-14-17(26-33(2,29)30)4-6-21(18)31-23(15)8-11-27(12-9-23)10-7-16-3-5-19-20(13-16)25-32-24-19;/h3-6,13-15,26H,7-12H2,1-2H3;1H. The lowest BCUT2D eigenvalue weighted by Gasteiger charge is -2.47. The number of rotatable bonds is 5. The number of hydrogen-bond donors (Lipinski definition) is 1. The van der Waals surface area contributed by atoms with Crippen LogP contribution < -0.4 is 9.46 Å². The van der Waals surface area contributed by atoms with Gasteiger partial charge in [0.2, 0.25) is 10.0 Å². The van der Waals surface area contributed by atoms with Gasteiger partial charge in [-0.25, -0.2) is 13.0 Å². The van der Waals surface area contributed by atoms with Crippen molar-refractivity contribution < 1.29 is 22.6 Å². The monoisotopic (exact) mass is 506 g/mol. The van der Waals surface area contributed by atoms with Crippen LogP contribution in [0.4, 0.5) is 5.69 Å². The van der Waals surface area contributed by atoms with Crippen molar-refractivity contribution in [3.05, 3.63) is 47.5 Å². The van der Waals surface area contributed by atoms with Gasteiger partial charge in [-0.15, -0.1) is 12.4 Å². The zero-order chi connectivity index (χ0) is 23.2. The topological polar surface area (TPSA) is 115 Å². The maximum Gasteiger partial charge on any atom is 0.229 e. The van der Waals surface area contributed by atoms with Gasteiger partial charge in [-0.1, -0.05) is 13.0 Å². The summed E-state index contributed by atoms with van der Waals surface area (Å²) in [7, 11) is -3.42. The fraction of sp³-hybridized carbons (Fsp3) is 0.435. The lowest BCUT2D eigenvalue weighted by molar-refractivity contribution is -0.0387. The van der Waals surface area contributed by atoms with Gasteiger partial charge >= 0.3 is 0 Å². The van der Waals surface area contributed by atoms with E-state index in [1.54, 1.807) is 18.2 Å². The van der Waals surface area contributed by atoms with Gasteiger partial charge in [-0.2, -0.15) is 0 Å². The van der Waals surface area contributed by atoms with Crippen LogP contribution in [0.25, 0.3) is 11.0 Å². The number of nitrogens with zero attached hydrogens (tertiary/aromatic N) is 3. The SMILES string of the molecule is CC1C(=O)c2cc(NS(C)(=O)=O)ccc2OC12CCN(CCc1ccc3nonc3c1)CC2.Cl. The smallest absolute Gasteiger partial charge is 0.229 e. The second-order valence-corrected chi connectivity index (χ2v) is 10.8. The lowest BCUT2D eigenvalue weighted by Crippen LogP contribution is -2.56. The molecule has 11 heteroatoms. The quantitative estimate of drug-likeness (QED) is 0.560. The van der Waals surface area contributed by atoms with Crippen LogP contribution >= 0.6 is 12.4 Å². The average molecular weight is 507 g/mol. The number of carbonyl (C=O) groups excluding carboxylic acids is 1. The first-order chi connectivity index (χ1) is 15.7. The van der Waals surface area contributed by atoms with Gasteiger partial charge in [0.1, 0.15) is 22.4 Å². The molecule has 3 aromatic rings. The Kier molecular flexibility index (Phi) is 6.58. The molecular formula is C23H27ClN4O5S. The highest BCUT2D eigenvalue weighted by molar-refractivity contribution is 7.92. The number of nitrogens with one attached hydrogen (secondary N) is 1. The first-order valence-corrected chi connectivity index (χ1v) is 12.9. The van der Waals surface area contributed by atoms with Gasteiger partial charge in [0, 0.05) is 38.2 Å². The minimum atomic E-state index is -3.42. The summed E-state index contributed by atoms with van der Waals surface area (Å²) in [5.41, 5.74) is 2.97. The number of ether oxygens (including phenoxy) is 1. The summed E-state index contributed by atoms with van der Waals surface area (Å²) < 4.78 is 36.7. The molecular weight excluding hydrogens is 480 g/mol. The summed E-state index contributed by atoms with van der Waals surface area (Å²) in [6, 6.07) is 10.9. The number of halogens is 1. The number of hydrogen-bond acceptors (Lipinski definition) is 8. The molecule has 5 rings (SSSR count). The molecule has 1 unspecified atom stereocenters. The van der Waals surface area contributed by atoms with Crippen LogP contribution in [0, 0.1) is 5.92 Å². The third-order valence-corrected chi connectivity index (χ3v) is 7.39. The Morgan fingerprint density at radius 2 is 1.85 bits per heavy atom. The molecule has 1 spiro atoms. The number of likely N-dealkylation sites (tertiary alicyclic amines) is 1. The van der Waals surface area contributed by atoms with Gasteiger partial charge in [-0.05, 0) is 52.6 Å². The minimum absolute atomic E-state index is 0. The van der Waals surface area contributed by atoms with Crippen LogP contribution in [0.15, 0.2) is 41.0 Å². The van der Waals surface area contributed by atoms with Crippen molar-refractivity contribution in [2.24, 2.45) is 5.92 Å². The Balaban J connectivity index is 0.00000274. The van der Waals surface area contributed by atoms with Gasteiger partial charge in [0.15, 0.2) is 5.78 Å². The minimum Gasteiger partial charge on any atom is -0.486 e. The van der Waals surface area contributed by atoms with E-state index in [4.69, 9.17) is 9.37 Å². The molecule has 2 aliphatic rings. The zero-order valence-electron chi connectivity index (χ0n) is 19.0. The van der Waals surface area contributed by atoms with Crippen LogP contribution in [0.1, 0.15) is 35.7 Å². The molecule has 1 N–H and O–H groups in total. The van der Waals surface area contributed by atoms with Gasteiger partial charge < -0.3 is 9.64 Å². The molecule has 3 heterocycles. The van der Waals surface area contributed by atoms with Crippen molar-refractivity contribution >= 4 is 44.9 Å². The average Bonchev–Trinajstić information content (AvgIpc) is 3.25. The number of aromatic nitrogens is 2. The van der Waals surface area contributed by atoms with Crippen LogP contribution in [0.5, 0.6) is 5.75 Å². The number of anilines is 1. The first kappa shape index (κ1) is 24.4. The largest absolute Gasteiger partial charge is 0.486 e. The molecule has 2 aromatic carbocycles. The van der Waals surface area contributed by atoms with Gasteiger partial charge in [0.25, 0.3) is 0 Å². The first-order valence-electron chi connectivity index (χ1n) is 11.0. The fourth-order valence-electron chi connectivity index (χ4n) is 4.83. The number of piperidine rings is 1. The van der Waals surface area contributed by atoms with Gasteiger partial charge in [0.05, 0.1) is 17.7 Å². The second-order valence-electron chi connectivity index (χ2n) is 9.02. The number of fused-ring (bicyclic) bond motifs is 2. The second kappa shape index (κ2) is 9.16. The maximum absolute atomic E-state index is 13.2. The highest BCUT2D eigenvalue weighted by atomic mass is 35.5. The summed E-state index contributed by atoms with van der Waals surface area (Å²) in [6.07, 6.45) is 3.49. The van der Waals surface area contributed by atoms with Crippen molar-refractivity contribution in [2.75, 3.05) is 30.6 Å². The molecule has 0 radical (unpaired) electrons. The molecule has 1 saturated heterocycles. The zero-order valence-corrected chi connectivity index (χ0v) is 20.6. The number of sulfonamides is 1. The van der Waals surface area contributed by atoms with Crippen LogP contribution in [-0.4, -0.2) is 60.9 Å². The van der Waals surface area contributed by atoms with Crippen molar-refractivity contribution in [3.63, 3.8) is 0 Å². The highest BCUT2D eigenvalue weighted by Gasteiger charge is 2.48. The van der Waals surface area contributed by atoms with E-state index in [0.29, 0.717) is 17.0 Å². The predicted molar refractivity (Wildman–Crippen MR) is 130 cm³/mol. The summed E-state index contributed by atoms with van der Waals surface area (Å²) in [5, 5.41) is 7.75. The molecule has 0 bridgehead atoms. The van der Waals surface area contributed by atoms with Crippen molar-refractivity contribution in [1.29, 1.82) is 0 Å². The molecule has 1 atom stereocenters. The van der Waals surface area contributed by atoms with Crippen LogP contribution in [0.3, 0.4) is 0 Å². The summed E-state index contributed by atoms with van der Waals surface area (Å²) >= 11 is 0. The van der Waals surface area contributed by atoms with E-state index in [0.717, 1.165) is 56.2 Å². The number of carbonyl (C=O) groups is 1. The number of benzene rings is 2. The van der Waals surface area contributed by atoms with E-state index in [9.17, 15) is 13.2 Å². The molecule has 34 heavy (non-hydrogen) atoms. The van der Waals surface area contributed by atoms with E-state index < -0.39 is 15.6 Å². The van der Waals surface area contributed by atoms with E-state index in [2.05, 4.69) is 19.9 Å². The van der Waals surface area contributed by atoms with E-state index >= 15 is 0 Å². The lowest BCUT2D eigenvalue weighted by atomic mass is 9.74. The Morgan fingerprint density at radius 3 is 2.59 bits per heavy atom. The summed E-state index contributed by atoms with van der Waals surface area (Å²) in [6.45, 7) is 4.51. The molecule has 0 aliphatic carbocycles. The summed E-state index contributed by atoms with van der Waals surface area (Å²) in [4.78, 5) is 15.6. The van der Waals surface area contributed by atoms with Crippen molar-refractivity contribution in [3.8, 4) is 5.75 Å². The molecule has 1 fully saturated rings.